The maximum Gasteiger partial charge on any atom is 0.260 e. The molecular formula is C24H31ClN4O3. The number of piperidine rings is 1. The van der Waals surface area contributed by atoms with Gasteiger partial charge in [0.25, 0.3) is 5.91 Å². The van der Waals surface area contributed by atoms with Gasteiger partial charge >= 0.3 is 0 Å². The SMILES string of the molecule is CC1CC(C)CN(C(=O)CN2CCN(C(=O)COc3ccc(Cl)c4cccnc34)CC2)C1. The maximum absolute atomic E-state index is 12.7. The number of ether oxygens (including phenoxy) is 1. The van der Waals surface area contributed by atoms with E-state index in [2.05, 4.69) is 23.7 Å². The maximum atomic E-state index is 12.7. The van der Waals surface area contributed by atoms with Crippen LogP contribution >= 0.6 is 11.6 Å². The summed E-state index contributed by atoms with van der Waals surface area (Å²) in [4.78, 5) is 35.7. The zero-order valence-electron chi connectivity index (χ0n) is 18.8. The molecule has 0 bridgehead atoms. The van der Waals surface area contributed by atoms with Crippen LogP contribution in [0.2, 0.25) is 5.02 Å². The van der Waals surface area contributed by atoms with Gasteiger partial charge in [0.05, 0.1) is 11.6 Å². The molecule has 2 aliphatic rings. The first-order chi connectivity index (χ1) is 15.4. The molecule has 0 saturated carbocycles. The topological polar surface area (TPSA) is 66.0 Å². The van der Waals surface area contributed by atoms with Crippen LogP contribution < -0.4 is 4.74 Å². The van der Waals surface area contributed by atoms with Crippen LogP contribution in [-0.2, 0) is 9.59 Å². The molecule has 2 saturated heterocycles. The Morgan fingerprint density at radius 1 is 1.03 bits per heavy atom. The number of likely N-dealkylation sites (tertiary alicyclic amines) is 1. The summed E-state index contributed by atoms with van der Waals surface area (Å²) < 4.78 is 5.79. The molecule has 4 rings (SSSR count). The molecule has 8 heteroatoms. The van der Waals surface area contributed by atoms with Crippen LogP contribution in [0, 0.1) is 11.8 Å². The Labute approximate surface area is 194 Å². The first kappa shape index (κ1) is 22.8. The van der Waals surface area contributed by atoms with Crippen molar-refractivity contribution in [3.8, 4) is 5.75 Å². The van der Waals surface area contributed by atoms with Gasteiger partial charge in [0.15, 0.2) is 6.61 Å². The van der Waals surface area contributed by atoms with Gasteiger partial charge in [-0.2, -0.15) is 0 Å². The molecule has 2 unspecified atom stereocenters. The van der Waals surface area contributed by atoms with Crippen LogP contribution in [0.3, 0.4) is 0 Å². The third-order valence-electron chi connectivity index (χ3n) is 6.34. The largest absolute Gasteiger partial charge is 0.481 e. The second-order valence-electron chi connectivity index (χ2n) is 9.14. The van der Waals surface area contributed by atoms with Crippen LogP contribution in [0.4, 0.5) is 0 Å². The Bertz CT molecular complexity index is 967. The molecule has 0 aliphatic carbocycles. The van der Waals surface area contributed by atoms with E-state index in [1.165, 1.54) is 6.42 Å². The Kier molecular flexibility index (Phi) is 7.16. The van der Waals surface area contributed by atoms with Crippen molar-refractivity contribution >= 4 is 34.3 Å². The standard InChI is InChI=1S/C24H31ClN4O3/c1-17-12-18(2)14-29(13-17)22(30)15-27-8-10-28(11-9-27)23(31)16-32-21-6-5-20(25)19-4-3-7-26-24(19)21/h3-7,17-18H,8-16H2,1-2H3. The molecule has 7 nitrogen and oxygen atoms in total. The van der Waals surface area contributed by atoms with Crippen molar-refractivity contribution in [3.63, 3.8) is 0 Å². The fraction of sp³-hybridized carbons (Fsp3) is 0.542. The summed E-state index contributed by atoms with van der Waals surface area (Å²) >= 11 is 6.22. The lowest BCUT2D eigenvalue weighted by Gasteiger charge is -2.38. The van der Waals surface area contributed by atoms with Gasteiger partial charge in [0.1, 0.15) is 11.3 Å². The van der Waals surface area contributed by atoms with Crippen molar-refractivity contribution in [1.29, 1.82) is 0 Å². The van der Waals surface area contributed by atoms with Gasteiger partial charge < -0.3 is 14.5 Å². The van der Waals surface area contributed by atoms with Crippen LogP contribution in [0.5, 0.6) is 5.75 Å². The van der Waals surface area contributed by atoms with E-state index in [1.807, 2.05) is 17.0 Å². The average Bonchev–Trinajstić information content (AvgIpc) is 2.78. The second kappa shape index (κ2) is 10.0. The number of hydrogen-bond donors (Lipinski definition) is 0. The first-order valence-electron chi connectivity index (χ1n) is 11.3. The Morgan fingerprint density at radius 3 is 2.47 bits per heavy atom. The number of carbonyl (C=O) groups is 2. The molecule has 3 heterocycles. The zero-order valence-corrected chi connectivity index (χ0v) is 19.6. The normalized spacial score (nSPS) is 22.2. The molecule has 0 spiro atoms. The highest BCUT2D eigenvalue weighted by Gasteiger charge is 2.28. The predicted molar refractivity (Wildman–Crippen MR) is 125 cm³/mol. The van der Waals surface area contributed by atoms with Crippen LogP contribution in [0.15, 0.2) is 30.5 Å². The summed E-state index contributed by atoms with van der Waals surface area (Å²) in [5, 5.41) is 1.40. The lowest BCUT2D eigenvalue weighted by atomic mass is 9.92. The van der Waals surface area contributed by atoms with E-state index in [-0.39, 0.29) is 18.4 Å². The second-order valence-corrected chi connectivity index (χ2v) is 9.54. The van der Waals surface area contributed by atoms with Gasteiger partial charge in [-0.15, -0.1) is 0 Å². The molecule has 172 valence electrons. The van der Waals surface area contributed by atoms with Crippen molar-refractivity contribution in [2.24, 2.45) is 11.8 Å². The van der Waals surface area contributed by atoms with Gasteiger partial charge in [0.2, 0.25) is 5.91 Å². The summed E-state index contributed by atoms with van der Waals surface area (Å²) in [5.74, 6) is 1.81. The smallest absolute Gasteiger partial charge is 0.260 e. The molecule has 1 aromatic heterocycles. The third kappa shape index (κ3) is 5.33. The minimum Gasteiger partial charge on any atom is -0.481 e. The predicted octanol–water partition coefficient (Wildman–Crippen LogP) is 2.92. The lowest BCUT2D eigenvalue weighted by molar-refractivity contribution is -0.137. The van der Waals surface area contributed by atoms with Crippen LogP contribution in [0.1, 0.15) is 20.3 Å². The summed E-state index contributed by atoms with van der Waals surface area (Å²) in [6.07, 6.45) is 2.87. The fourth-order valence-corrected chi connectivity index (χ4v) is 4.99. The summed E-state index contributed by atoms with van der Waals surface area (Å²) in [7, 11) is 0. The number of nitrogens with zero attached hydrogens (tertiary/aromatic N) is 4. The van der Waals surface area contributed by atoms with Crippen molar-refractivity contribution in [2.75, 3.05) is 52.4 Å². The number of pyridine rings is 1. The summed E-state index contributed by atoms with van der Waals surface area (Å²) in [6.45, 7) is 9.11. The third-order valence-corrected chi connectivity index (χ3v) is 6.67. The van der Waals surface area contributed by atoms with E-state index in [0.29, 0.717) is 60.8 Å². The molecule has 1 aromatic carbocycles. The zero-order chi connectivity index (χ0) is 22.7. The van der Waals surface area contributed by atoms with Crippen molar-refractivity contribution in [3.05, 3.63) is 35.5 Å². The number of hydrogen-bond acceptors (Lipinski definition) is 5. The van der Waals surface area contributed by atoms with E-state index >= 15 is 0 Å². The van der Waals surface area contributed by atoms with E-state index in [0.717, 1.165) is 18.5 Å². The highest BCUT2D eigenvalue weighted by atomic mass is 35.5. The van der Waals surface area contributed by atoms with Gasteiger partial charge in [-0.1, -0.05) is 25.4 Å². The van der Waals surface area contributed by atoms with Crippen molar-refractivity contribution < 1.29 is 14.3 Å². The Morgan fingerprint density at radius 2 is 1.75 bits per heavy atom. The van der Waals surface area contributed by atoms with E-state index in [9.17, 15) is 9.59 Å². The lowest BCUT2D eigenvalue weighted by Crippen LogP contribution is -2.53. The van der Waals surface area contributed by atoms with Crippen LogP contribution in [-0.4, -0.2) is 83.9 Å². The molecule has 2 fully saturated rings. The number of aromatic nitrogens is 1. The summed E-state index contributed by atoms with van der Waals surface area (Å²) in [5.41, 5.74) is 0.650. The molecule has 2 atom stereocenters. The Balaban J connectivity index is 1.25. The quantitative estimate of drug-likeness (QED) is 0.689. The van der Waals surface area contributed by atoms with E-state index < -0.39 is 0 Å². The average molecular weight is 459 g/mol. The van der Waals surface area contributed by atoms with E-state index in [1.54, 1.807) is 23.2 Å². The number of benzene rings is 1. The minimum atomic E-state index is -0.0614. The van der Waals surface area contributed by atoms with Gasteiger partial charge in [0, 0.05) is 50.9 Å². The molecule has 0 radical (unpaired) electrons. The van der Waals surface area contributed by atoms with Gasteiger partial charge in [-0.3, -0.25) is 19.5 Å². The van der Waals surface area contributed by atoms with Gasteiger partial charge in [-0.25, -0.2) is 0 Å². The highest BCUT2D eigenvalue weighted by molar-refractivity contribution is 6.35. The molecule has 2 aromatic rings. The number of carbonyl (C=O) groups excluding carboxylic acids is 2. The number of rotatable bonds is 5. The number of amides is 2. The first-order valence-corrected chi connectivity index (χ1v) is 11.7. The number of piperazine rings is 1. The molecule has 0 N–H and O–H groups in total. The molecule has 2 amide bonds. The summed E-state index contributed by atoms with van der Waals surface area (Å²) in [6, 6.07) is 7.20. The molecule has 2 aliphatic heterocycles. The number of halogens is 1. The van der Waals surface area contributed by atoms with Crippen molar-refractivity contribution in [1.82, 2.24) is 19.7 Å². The molecule has 32 heavy (non-hydrogen) atoms. The Hall–Kier alpha value is -2.38. The van der Waals surface area contributed by atoms with Crippen molar-refractivity contribution in [2.45, 2.75) is 20.3 Å². The molecular weight excluding hydrogens is 428 g/mol. The minimum absolute atomic E-state index is 0.0458. The monoisotopic (exact) mass is 458 g/mol. The van der Waals surface area contributed by atoms with E-state index in [4.69, 9.17) is 16.3 Å². The van der Waals surface area contributed by atoms with Gasteiger partial charge in [-0.05, 0) is 42.5 Å². The van der Waals surface area contributed by atoms with Crippen LogP contribution in [0.25, 0.3) is 10.9 Å². The number of fused-ring (bicyclic) bond motifs is 1. The highest BCUT2D eigenvalue weighted by Crippen LogP contribution is 2.29. The fourth-order valence-electron chi connectivity index (χ4n) is 4.77.